The van der Waals surface area contributed by atoms with Gasteiger partial charge in [0.05, 0.1) is 5.56 Å². The third-order valence-corrected chi connectivity index (χ3v) is 6.04. The Morgan fingerprint density at radius 1 is 1.14 bits per heavy atom. The lowest BCUT2D eigenvalue weighted by Crippen LogP contribution is -2.26. The van der Waals surface area contributed by atoms with Crippen LogP contribution in [0.25, 0.3) is 5.57 Å². The Morgan fingerprint density at radius 2 is 1.86 bits per heavy atom. The lowest BCUT2D eigenvalue weighted by Gasteiger charge is -2.25. The molecule has 4 rings (SSSR count). The summed E-state index contributed by atoms with van der Waals surface area (Å²) in [4.78, 5) is 24.5. The van der Waals surface area contributed by atoms with Crippen molar-refractivity contribution in [2.75, 3.05) is 18.4 Å². The Balaban J connectivity index is 0.000000429. The van der Waals surface area contributed by atoms with E-state index in [0.717, 1.165) is 50.0 Å². The summed E-state index contributed by atoms with van der Waals surface area (Å²) in [6, 6.07) is 10.1. The lowest BCUT2D eigenvalue weighted by atomic mass is 9.86. The molecule has 7 nitrogen and oxygen atoms in total. The van der Waals surface area contributed by atoms with Gasteiger partial charge in [-0.1, -0.05) is 12.1 Å². The smallest absolute Gasteiger partial charge is 0.475 e. The second-order valence-electron chi connectivity index (χ2n) is 8.48. The fourth-order valence-corrected chi connectivity index (χ4v) is 4.21. The number of aromatic nitrogens is 1. The number of carboxylic acid groups (broad SMARTS) is 1. The number of carbonyl (C=O) groups excluding carboxylic acids is 1. The molecule has 0 saturated carbocycles. The molecule has 1 aliphatic carbocycles. The van der Waals surface area contributed by atoms with E-state index in [4.69, 9.17) is 15.2 Å². The maximum atomic E-state index is 12.7. The van der Waals surface area contributed by atoms with E-state index in [9.17, 15) is 18.0 Å². The van der Waals surface area contributed by atoms with Crippen molar-refractivity contribution in [1.82, 2.24) is 10.3 Å². The molecule has 0 unspecified atom stereocenters. The Bertz CT molecular complexity index is 1130. The van der Waals surface area contributed by atoms with Gasteiger partial charge >= 0.3 is 12.1 Å². The number of rotatable bonds is 4. The molecular formula is C25H27F3N4O3. The third kappa shape index (κ3) is 7.20. The standard InChI is InChI=1S/C23H26N4O.C2HF3O2/c24-14-16-12-22(26-15-16)23(28)27-21-7-6-19(17-8-10-25-11-9-17)13-20(21)18-4-2-1-3-5-18;3-2(4,5)1(6)7/h4,6-7,12-13,15,17,25-26H,1-3,5,8-11H2,(H,27,28);(H,6,7). The number of halogens is 3. The second kappa shape index (κ2) is 11.7. The fourth-order valence-electron chi connectivity index (χ4n) is 4.21. The second-order valence-corrected chi connectivity index (χ2v) is 8.48. The molecule has 0 bridgehead atoms. The third-order valence-electron chi connectivity index (χ3n) is 6.04. The molecule has 1 aliphatic heterocycles. The van der Waals surface area contributed by atoms with E-state index in [0.29, 0.717) is 17.2 Å². The largest absolute Gasteiger partial charge is 0.490 e. The first-order valence-corrected chi connectivity index (χ1v) is 11.4. The zero-order chi connectivity index (χ0) is 25.4. The summed E-state index contributed by atoms with van der Waals surface area (Å²) >= 11 is 0. The summed E-state index contributed by atoms with van der Waals surface area (Å²) < 4.78 is 31.7. The quantitative estimate of drug-likeness (QED) is 0.472. The summed E-state index contributed by atoms with van der Waals surface area (Å²) in [6.07, 6.45) is 5.69. The van der Waals surface area contributed by atoms with Crippen LogP contribution in [0.4, 0.5) is 18.9 Å². The number of carbonyl (C=O) groups is 2. The SMILES string of the molecule is N#Cc1c[nH]c(C(=O)Nc2ccc(C3CCNCC3)cc2C2=CCCCC2)c1.O=C(O)C(F)(F)F. The number of hydrogen-bond donors (Lipinski definition) is 4. The van der Waals surface area contributed by atoms with Gasteiger partial charge in [-0.3, -0.25) is 4.79 Å². The summed E-state index contributed by atoms with van der Waals surface area (Å²) in [5, 5.41) is 22.6. The maximum absolute atomic E-state index is 12.7. The molecule has 2 aromatic rings. The van der Waals surface area contributed by atoms with Crippen LogP contribution in [0.2, 0.25) is 0 Å². The Labute approximate surface area is 201 Å². The molecule has 2 aliphatic rings. The predicted octanol–water partition coefficient (Wildman–Crippen LogP) is 5.20. The molecule has 0 radical (unpaired) electrons. The molecule has 10 heteroatoms. The van der Waals surface area contributed by atoms with Crippen LogP contribution < -0.4 is 10.6 Å². The van der Waals surface area contributed by atoms with E-state index in [2.05, 4.69) is 33.8 Å². The van der Waals surface area contributed by atoms with Gasteiger partial charge in [0.2, 0.25) is 0 Å². The number of aromatic amines is 1. The van der Waals surface area contributed by atoms with Gasteiger partial charge in [0, 0.05) is 17.4 Å². The van der Waals surface area contributed by atoms with Crippen LogP contribution in [0, 0.1) is 11.3 Å². The van der Waals surface area contributed by atoms with Gasteiger partial charge in [-0.25, -0.2) is 4.79 Å². The molecule has 4 N–H and O–H groups in total. The van der Waals surface area contributed by atoms with Gasteiger partial charge < -0.3 is 20.7 Å². The van der Waals surface area contributed by atoms with Gasteiger partial charge in [-0.05, 0) is 86.9 Å². The molecule has 2 heterocycles. The number of carboxylic acids is 1. The Morgan fingerprint density at radius 3 is 2.43 bits per heavy atom. The van der Waals surface area contributed by atoms with Crippen molar-refractivity contribution in [2.24, 2.45) is 0 Å². The summed E-state index contributed by atoms with van der Waals surface area (Å²) in [6.45, 7) is 2.13. The number of nitrogens with one attached hydrogen (secondary N) is 3. The lowest BCUT2D eigenvalue weighted by molar-refractivity contribution is -0.192. The molecule has 0 spiro atoms. The number of amides is 1. The highest BCUT2D eigenvalue weighted by molar-refractivity contribution is 6.04. The van der Waals surface area contributed by atoms with E-state index in [-0.39, 0.29) is 5.91 Å². The number of H-pyrrole nitrogens is 1. The number of allylic oxidation sites excluding steroid dienone is 2. The molecule has 1 fully saturated rings. The highest BCUT2D eigenvalue weighted by Gasteiger charge is 2.38. The Kier molecular flexibility index (Phi) is 8.71. The number of piperidine rings is 1. The van der Waals surface area contributed by atoms with Crippen molar-refractivity contribution in [3.63, 3.8) is 0 Å². The van der Waals surface area contributed by atoms with Gasteiger partial charge in [-0.2, -0.15) is 18.4 Å². The molecule has 1 saturated heterocycles. The number of alkyl halides is 3. The van der Waals surface area contributed by atoms with E-state index < -0.39 is 12.1 Å². The van der Waals surface area contributed by atoms with Crippen LogP contribution in [0.5, 0.6) is 0 Å². The average molecular weight is 489 g/mol. The minimum Gasteiger partial charge on any atom is -0.475 e. The number of aliphatic carboxylic acids is 1. The first kappa shape index (κ1) is 26.0. The van der Waals surface area contributed by atoms with Crippen LogP contribution in [0.15, 0.2) is 36.5 Å². The van der Waals surface area contributed by atoms with Crippen molar-refractivity contribution in [3.05, 3.63) is 58.9 Å². The first-order valence-electron chi connectivity index (χ1n) is 11.4. The Hall–Kier alpha value is -3.58. The first-order chi connectivity index (χ1) is 16.7. The molecule has 1 aromatic carbocycles. The van der Waals surface area contributed by atoms with Crippen LogP contribution in [0.1, 0.15) is 71.6 Å². The fraction of sp³-hybridized carbons (Fsp3) is 0.400. The normalized spacial score (nSPS) is 16.3. The number of nitrogens with zero attached hydrogens (tertiary/aromatic N) is 1. The van der Waals surface area contributed by atoms with Crippen molar-refractivity contribution in [3.8, 4) is 6.07 Å². The molecule has 35 heavy (non-hydrogen) atoms. The van der Waals surface area contributed by atoms with E-state index >= 15 is 0 Å². The molecule has 1 amide bonds. The summed E-state index contributed by atoms with van der Waals surface area (Å²) in [7, 11) is 0. The van der Waals surface area contributed by atoms with Crippen molar-refractivity contribution in [2.45, 2.75) is 50.6 Å². The van der Waals surface area contributed by atoms with E-state index in [1.807, 2.05) is 12.1 Å². The number of nitriles is 1. The van der Waals surface area contributed by atoms with Crippen molar-refractivity contribution in [1.29, 1.82) is 5.26 Å². The summed E-state index contributed by atoms with van der Waals surface area (Å²) in [5.41, 5.74) is 5.57. The van der Waals surface area contributed by atoms with E-state index in [1.165, 1.54) is 24.0 Å². The molecule has 0 atom stereocenters. The van der Waals surface area contributed by atoms with Crippen LogP contribution in [-0.4, -0.2) is 41.2 Å². The van der Waals surface area contributed by atoms with Gasteiger partial charge in [0.1, 0.15) is 11.8 Å². The van der Waals surface area contributed by atoms with E-state index in [1.54, 1.807) is 12.3 Å². The topological polar surface area (TPSA) is 118 Å². The monoisotopic (exact) mass is 488 g/mol. The molecular weight excluding hydrogens is 461 g/mol. The summed E-state index contributed by atoms with van der Waals surface area (Å²) in [5.74, 6) is -2.39. The highest BCUT2D eigenvalue weighted by Crippen LogP contribution is 2.36. The van der Waals surface area contributed by atoms with Gasteiger partial charge in [-0.15, -0.1) is 0 Å². The zero-order valence-electron chi connectivity index (χ0n) is 19.0. The van der Waals surface area contributed by atoms with Gasteiger partial charge in [0.15, 0.2) is 0 Å². The van der Waals surface area contributed by atoms with Crippen LogP contribution in [-0.2, 0) is 4.79 Å². The highest BCUT2D eigenvalue weighted by atomic mass is 19.4. The van der Waals surface area contributed by atoms with Crippen LogP contribution >= 0.6 is 0 Å². The predicted molar refractivity (Wildman–Crippen MR) is 125 cm³/mol. The maximum Gasteiger partial charge on any atom is 0.490 e. The molecule has 1 aromatic heterocycles. The number of hydrogen-bond acceptors (Lipinski definition) is 4. The minimum atomic E-state index is -5.08. The van der Waals surface area contributed by atoms with Crippen molar-refractivity contribution < 1.29 is 27.9 Å². The van der Waals surface area contributed by atoms with Gasteiger partial charge in [0.25, 0.3) is 5.91 Å². The average Bonchev–Trinajstić information content (AvgIpc) is 3.35. The molecule has 186 valence electrons. The zero-order valence-corrected chi connectivity index (χ0v) is 19.0. The van der Waals surface area contributed by atoms with Crippen molar-refractivity contribution >= 4 is 23.1 Å². The minimum absolute atomic E-state index is 0.214. The van der Waals surface area contributed by atoms with Crippen LogP contribution in [0.3, 0.4) is 0 Å². The number of anilines is 1. The number of benzene rings is 1.